The third-order valence-corrected chi connectivity index (χ3v) is 4.55. The molecule has 1 aliphatic carbocycles. The molecule has 1 saturated heterocycles. The summed E-state index contributed by atoms with van der Waals surface area (Å²) in [5.74, 6) is 0. The van der Waals surface area contributed by atoms with Crippen LogP contribution in [0, 0.1) is 0 Å². The minimum atomic E-state index is 0.630. The zero-order chi connectivity index (χ0) is 10.1. The standard InChI is InChI=1S/C12H18N2S/c1-2-11(14-9-4-6-13-8-9)10-5-7-15-12(10)3-1/h5,7,9,11,13-14H,1-4,6,8H2. The first-order chi connectivity index (χ1) is 7.43. The molecule has 15 heavy (non-hydrogen) atoms. The van der Waals surface area contributed by atoms with Crippen molar-refractivity contribution in [3.63, 3.8) is 0 Å². The third kappa shape index (κ3) is 1.96. The Bertz CT molecular complexity index is 328. The van der Waals surface area contributed by atoms with Crippen LogP contribution >= 0.6 is 11.3 Å². The fraction of sp³-hybridized carbons (Fsp3) is 0.667. The molecule has 2 atom stereocenters. The zero-order valence-electron chi connectivity index (χ0n) is 8.96. The second-order valence-electron chi connectivity index (χ2n) is 4.60. The van der Waals surface area contributed by atoms with Gasteiger partial charge < -0.3 is 10.6 Å². The normalized spacial score (nSPS) is 30.4. The predicted octanol–water partition coefficient (Wildman–Crippen LogP) is 2.08. The van der Waals surface area contributed by atoms with E-state index in [9.17, 15) is 0 Å². The van der Waals surface area contributed by atoms with Gasteiger partial charge in [-0.05, 0) is 49.2 Å². The van der Waals surface area contributed by atoms with Crippen molar-refractivity contribution in [2.24, 2.45) is 0 Å². The van der Waals surface area contributed by atoms with Crippen LogP contribution in [0.25, 0.3) is 0 Å². The number of aryl methyl sites for hydroxylation is 1. The highest BCUT2D eigenvalue weighted by atomic mass is 32.1. The number of fused-ring (bicyclic) bond motifs is 1. The number of hydrogen-bond donors (Lipinski definition) is 2. The van der Waals surface area contributed by atoms with Gasteiger partial charge in [0, 0.05) is 23.5 Å². The summed E-state index contributed by atoms with van der Waals surface area (Å²) >= 11 is 1.93. The molecule has 2 unspecified atom stereocenters. The minimum Gasteiger partial charge on any atom is -0.315 e. The smallest absolute Gasteiger partial charge is 0.0334 e. The molecule has 2 nitrogen and oxygen atoms in total. The van der Waals surface area contributed by atoms with Gasteiger partial charge in [0.15, 0.2) is 0 Å². The maximum atomic E-state index is 3.80. The quantitative estimate of drug-likeness (QED) is 0.800. The van der Waals surface area contributed by atoms with Gasteiger partial charge in [0.05, 0.1) is 0 Å². The van der Waals surface area contributed by atoms with E-state index in [2.05, 4.69) is 22.1 Å². The summed E-state index contributed by atoms with van der Waals surface area (Å²) in [5, 5.41) is 9.47. The van der Waals surface area contributed by atoms with E-state index in [-0.39, 0.29) is 0 Å². The first-order valence-corrected chi connectivity index (χ1v) is 6.84. The second-order valence-corrected chi connectivity index (χ2v) is 5.60. The highest BCUT2D eigenvalue weighted by Gasteiger charge is 2.24. The van der Waals surface area contributed by atoms with Crippen LogP contribution in [0.2, 0.25) is 0 Å². The molecule has 3 rings (SSSR count). The Morgan fingerprint density at radius 2 is 2.40 bits per heavy atom. The van der Waals surface area contributed by atoms with E-state index in [4.69, 9.17) is 0 Å². The highest BCUT2D eigenvalue weighted by molar-refractivity contribution is 7.10. The SMILES string of the molecule is c1cc2c(s1)CCCC2NC1CCNC1. The average molecular weight is 222 g/mol. The molecular weight excluding hydrogens is 204 g/mol. The van der Waals surface area contributed by atoms with E-state index in [1.165, 1.54) is 32.2 Å². The Kier molecular flexibility index (Phi) is 2.77. The van der Waals surface area contributed by atoms with E-state index >= 15 is 0 Å². The van der Waals surface area contributed by atoms with Gasteiger partial charge in [-0.15, -0.1) is 11.3 Å². The first-order valence-electron chi connectivity index (χ1n) is 5.96. The molecule has 2 aliphatic rings. The lowest BCUT2D eigenvalue weighted by atomic mass is 9.93. The van der Waals surface area contributed by atoms with Crippen LogP contribution in [-0.2, 0) is 6.42 Å². The molecule has 0 radical (unpaired) electrons. The van der Waals surface area contributed by atoms with Crippen molar-refractivity contribution in [1.29, 1.82) is 0 Å². The summed E-state index contributed by atoms with van der Waals surface area (Å²) in [6.45, 7) is 2.33. The molecule has 0 amide bonds. The molecule has 3 heteroatoms. The lowest BCUT2D eigenvalue weighted by Crippen LogP contribution is -2.35. The molecule has 2 N–H and O–H groups in total. The Balaban J connectivity index is 1.72. The number of rotatable bonds is 2. The van der Waals surface area contributed by atoms with Gasteiger partial charge in [0.1, 0.15) is 0 Å². The first kappa shape index (κ1) is 9.82. The largest absolute Gasteiger partial charge is 0.315 e. The van der Waals surface area contributed by atoms with Gasteiger partial charge >= 0.3 is 0 Å². The minimum absolute atomic E-state index is 0.630. The maximum absolute atomic E-state index is 3.80. The molecule has 0 spiro atoms. The van der Waals surface area contributed by atoms with Crippen molar-refractivity contribution in [1.82, 2.24) is 10.6 Å². The molecule has 1 aliphatic heterocycles. The fourth-order valence-electron chi connectivity index (χ4n) is 2.74. The van der Waals surface area contributed by atoms with E-state index in [1.54, 1.807) is 10.4 Å². The Hall–Kier alpha value is -0.380. The van der Waals surface area contributed by atoms with E-state index < -0.39 is 0 Å². The average Bonchev–Trinajstić information content (AvgIpc) is 2.87. The lowest BCUT2D eigenvalue weighted by molar-refractivity contribution is 0.410. The van der Waals surface area contributed by atoms with Crippen LogP contribution in [0.5, 0.6) is 0 Å². The van der Waals surface area contributed by atoms with Gasteiger partial charge in [0.25, 0.3) is 0 Å². The highest BCUT2D eigenvalue weighted by Crippen LogP contribution is 2.33. The Morgan fingerprint density at radius 3 is 3.27 bits per heavy atom. The summed E-state index contributed by atoms with van der Waals surface area (Å²) in [4.78, 5) is 1.62. The van der Waals surface area contributed by atoms with Crippen LogP contribution in [0.3, 0.4) is 0 Å². The second kappa shape index (κ2) is 4.24. The Labute approximate surface area is 95.1 Å². The van der Waals surface area contributed by atoms with Crippen molar-refractivity contribution in [2.45, 2.75) is 37.8 Å². The summed E-state index contributed by atoms with van der Waals surface area (Å²) < 4.78 is 0. The Morgan fingerprint density at radius 1 is 1.40 bits per heavy atom. The van der Waals surface area contributed by atoms with Crippen molar-refractivity contribution in [2.75, 3.05) is 13.1 Å². The van der Waals surface area contributed by atoms with E-state index in [1.807, 2.05) is 11.3 Å². The molecule has 2 heterocycles. The summed E-state index contributed by atoms with van der Waals surface area (Å²) in [7, 11) is 0. The van der Waals surface area contributed by atoms with Crippen molar-refractivity contribution < 1.29 is 0 Å². The van der Waals surface area contributed by atoms with Crippen molar-refractivity contribution in [3.05, 3.63) is 21.9 Å². The van der Waals surface area contributed by atoms with Crippen LogP contribution in [-0.4, -0.2) is 19.1 Å². The van der Waals surface area contributed by atoms with Gasteiger partial charge in [-0.2, -0.15) is 0 Å². The molecule has 1 aromatic rings. The fourth-order valence-corrected chi connectivity index (χ4v) is 3.73. The molecule has 1 aromatic heterocycles. The van der Waals surface area contributed by atoms with Crippen LogP contribution < -0.4 is 10.6 Å². The summed E-state index contributed by atoms with van der Waals surface area (Å²) in [5.41, 5.74) is 1.58. The maximum Gasteiger partial charge on any atom is 0.0334 e. The zero-order valence-corrected chi connectivity index (χ0v) is 9.78. The monoisotopic (exact) mass is 222 g/mol. The third-order valence-electron chi connectivity index (χ3n) is 3.55. The lowest BCUT2D eigenvalue weighted by Gasteiger charge is -2.26. The van der Waals surface area contributed by atoms with Gasteiger partial charge in [-0.3, -0.25) is 0 Å². The van der Waals surface area contributed by atoms with Crippen molar-refractivity contribution >= 4 is 11.3 Å². The van der Waals surface area contributed by atoms with Crippen LogP contribution in [0.15, 0.2) is 11.4 Å². The molecule has 0 bridgehead atoms. The summed E-state index contributed by atoms with van der Waals surface area (Å²) in [6, 6.07) is 3.64. The number of nitrogens with one attached hydrogen (secondary N) is 2. The van der Waals surface area contributed by atoms with Crippen molar-refractivity contribution in [3.8, 4) is 0 Å². The molecular formula is C12H18N2S. The van der Waals surface area contributed by atoms with Gasteiger partial charge in [0.2, 0.25) is 0 Å². The van der Waals surface area contributed by atoms with Crippen LogP contribution in [0.4, 0.5) is 0 Å². The topological polar surface area (TPSA) is 24.1 Å². The van der Waals surface area contributed by atoms with Gasteiger partial charge in [-0.1, -0.05) is 0 Å². The molecule has 1 fully saturated rings. The molecule has 0 saturated carbocycles. The van der Waals surface area contributed by atoms with E-state index in [0.717, 1.165) is 6.54 Å². The molecule has 0 aromatic carbocycles. The van der Waals surface area contributed by atoms with Gasteiger partial charge in [-0.25, -0.2) is 0 Å². The number of hydrogen-bond acceptors (Lipinski definition) is 3. The summed E-state index contributed by atoms with van der Waals surface area (Å²) in [6.07, 6.45) is 5.26. The van der Waals surface area contributed by atoms with Crippen LogP contribution in [0.1, 0.15) is 35.7 Å². The molecule has 82 valence electrons. The number of thiophene rings is 1. The van der Waals surface area contributed by atoms with E-state index in [0.29, 0.717) is 12.1 Å². The predicted molar refractivity (Wildman–Crippen MR) is 64.4 cm³/mol.